The van der Waals surface area contributed by atoms with Crippen LogP contribution in [0.5, 0.6) is 5.75 Å². The fraction of sp³-hybridized carbons (Fsp3) is 0.462. The van der Waals surface area contributed by atoms with Gasteiger partial charge < -0.3 is 15.8 Å². The molecule has 0 saturated carbocycles. The molecule has 18 heavy (non-hydrogen) atoms. The van der Waals surface area contributed by atoms with Crippen LogP contribution in [-0.2, 0) is 4.79 Å². The quantitative estimate of drug-likeness (QED) is 0.813. The molecule has 1 atom stereocenters. The third-order valence-corrected chi connectivity index (χ3v) is 2.44. The first-order valence-corrected chi connectivity index (χ1v) is 5.99. The molecule has 5 heteroatoms. The Morgan fingerprint density at radius 2 is 2.28 bits per heavy atom. The Balaban J connectivity index is 2.50. The number of hydrogen-bond acceptors (Lipinski definition) is 3. The molecule has 1 amide bonds. The third-order valence-electron chi connectivity index (χ3n) is 2.44. The lowest BCUT2D eigenvalue weighted by Gasteiger charge is -2.10. The molecule has 0 bridgehead atoms. The van der Waals surface area contributed by atoms with Crippen LogP contribution in [0.25, 0.3) is 0 Å². The number of carbonyl (C=O) groups excluding carboxylic acids is 1. The van der Waals surface area contributed by atoms with Crippen molar-refractivity contribution in [2.24, 2.45) is 5.73 Å². The van der Waals surface area contributed by atoms with E-state index in [1.807, 2.05) is 6.92 Å². The van der Waals surface area contributed by atoms with Crippen molar-refractivity contribution in [3.8, 4) is 5.75 Å². The summed E-state index contributed by atoms with van der Waals surface area (Å²) in [6.45, 7) is 4.35. The van der Waals surface area contributed by atoms with Gasteiger partial charge in [0.1, 0.15) is 0 Å². The highest BCUT2D eigenvalue weighted by molar-refractivity contribution is 5.75. The summed E-state index contributed by atoms with van der Waals surface area (Å²) in [5.41, 5.74) is 6.36. The van der Waals surface area contributed by atoms with Crippen molar-refractivity contribution in [1.82, 2.24) is 5.32 Å². The number of ether oxygens (including phenoxy) is 1. The van der Waals surface area contributed by atoms with E-state index in [1.165, 1.54) is 12.1 Å². The van der Waals surface area contributed by atoms with E-state index < -0.39 is 5.82 Å². The number of carbonyl (C=O) groups is 1. The van der Waals surface area contributed by atoms with Gasteiger partial charge in [0, 0.05) is 12.6 Å². The molecule has 0 radical (unpaired) electrons. The standard InChI is InChI=1S/C13H19FN2O2/c1-3-16-13(17)6-7-18-12-5-4-10(9(2)15)8-11(12)14/h4-5,8-9H,3,6-7,15H2,1-2H3,(H,16,17). The summed E-state index contributed by atoms with van der Waals surface area (Å²) in [5.74, 6) is -0.422. The molecule has 3 N–H and O–H groups in total. The molecule has 0 spiro atoms. The Morgan fingerprint density at radius 3 is 2.83 bits per heavy atom. The second-order valence-electron chi connectivity index (χ2n) is 4.03. The van der Waals surface area contributed by atoms with Gasteiger partial charge >= 0.3 is 0 Å². The second-order valence-corrected chi connectivity index (χ2v) is 4.03. The van der Waals surface area contributed by atoms with Crippen LogP contribution < -0.4 is 15.8 Å². The zero-order chi connectivity index (χ0) is 13.5. The number of halogens is 1. The second kappa shape index (κ2) is 6.96. The summed E-state index contributed by atoms with van der Waals surface area (Å²) in [5, 5.41) is 2.64. The summed E-state index contributed by atoms with van der Waals surface area (Å²) in [6, 6.07) is 4.39. The van der Waals surface area contributed by atoms with Crippen molar-refractivity contribution >= 4 is 5.91 Å². The molecule has 0 heterocycles. The first kappa shape index (κ1) is 14.4. The lowest BCUT2D eigenvalue weighted by Crippen LogP contribution is -2.24. The Kier molecular flexibility index (Phi) is 5.58. The van der Waals surface area contributed by atoms with Gasteiger partial charge in [0.05, 0.1) is 13.0 Å². The Hall–Kier alpha value is -1.62. The van der Waals surface area contributed by atoms with Crippen LogP contribution >= 0.6 is 0 Å². The average Bonchev–Trinajstić information content (AvgIpc) is 2.31. The van der Waals surface area contributed by atoms with Gasteiger partial charge in [-0.15, -0.1) is 0 Å². The molecule has 0 aliphatic rings. The van der Waals surface area contributed by atoms with Crippen LogP contribution in [0.3, 0.4) is 0 Å². The normalized spacial score (nSPS) is 12.0. The van der Waals surface area contributed by atoms with E-state index in [2.05, 4.69) is 5.32 Å². The van der Waals surface area contributed by atoms with E-state index in [1.54, 1.807) is 13.0 Å². The smallest absolute Gasteiger partial charge is 0.223 e. The molecule has 100 valence electrons. The molecule has 0 aromatic heterocycles. The topological polar surface area (TPSA) is 64.3 Å². The van der Waals surface area contributed by atoms with Crippen molar-refractivity contribution in [2.45, 2.75) is 26.3 Å². The minimum absolute atomic E-state index is 0.106. The summed E-state index contributed by atoms with van der Waals surface area (Å²) in [6.07, 6.45) is 0.211. The predicted molar refractivity (Wildman–Crippen MR) is 67.8 cm³/mol. The largest absolute Gasteiger partial charge is 0.490 e. The molecule has 1 aromatic rings. The van der Waals surface area contributed by atoms with E-state index in [9.17, 15) is 9.18 Å². The van der Waals surface area contributed by atoms with E-state index in [4.69, 9.17) is 10.5 Å². The lowest BCUT2D eigenvalue weighted by molar-refractivity contribution is -0.121. The van der Waals surface area contributed by atoms with Crippen molar-refractivity contribution in [2.75, 3.05) is 13.2 Å². The fourth-order valence-electron chi connectivity index (χ4n) is 1.46. The van der Waals surface area contributed by atoms with E-state index in [-0.39, 0.29) is 30.7 Å². The van der Waals surface area contributed by atoms with Crippen LogP contribution in [0.1, 0.15) is 31.9 Å². The van der Waals surface area contributed by atoms with Crippen molar-refractivity contribution in [3.63, 3.8) is 0 Å². The number of amides is 1. The maximum atomic E-state index is 13.6. The Labute approximate surface area is 106 Å². The van der Waals surface area contributed by atoms with Crippen LogP contribution in [-0.4, -0.2) is 19.1 Å². The monoisotopic (exact) mass is 254 g/mol. The van der Waals surface area contributed by atoms with Gasteiger partial charge in [-0.25, -0.2) is 4.39 Å². The molecular formula is C13H19FN2O2. The molecular weight excluding hydrogens is 235 g/mol. The Morgan fingerprint density at radius 1 is 1.56 bits per heavy atom. The minimum Gasteiger partial charge on any atom is -0.490 e. The van der Waals surface area contributed by atoms with E-state index >= 15 is 0 Å². The molecule has 1 unspecified atom stereocenters. The summed E-state index contributed by atoms with van der Waals surface area (Å²) < 4.78 is 18.8. The predicted octanol–water partition coefficient (Wildman–Crippen LogP) is 1.75. The maximum Gasteiger partial charge on any atom is 0.223 e. The van der Waals surface area contributed by atoms with Gasteiger partial charge in [-0.1, -0.05) is 6.07 Å². The van der Waals surface area contributed by atoms with Crippen LogP contribution in [0.15, 0.2) is 18.2 Å². The lowest BCUT2D eigenvalue weighted by atomic mass is 10.1. The van der Waals surface area contributed by atoms with Gasteiger partial charge in [-0.3, -0.25) is 4.79 Å². The number of hydrogen-bond donors (Lipinski definition) is 2. The van der Waals surface area contributed by atoms with Gasteiger partial charge in [-0.2, -0.15) is 0 Å². The van der Waals surface area contributed by atoms with Crippen molar-refractivity contribution in [3.05, 3.63) is 29.6 Å². The fourth-order valence-corrected chi connectivity index (χ4v) is 1.46. The number of benzene rings is 1. The van der Waals surface area contributed by atoms with Crippen LogP contribution in [0.2, 0.25) is 0 Å². The molecule has 0 aliphatic heterocycles. The first-order valence-electron chi connectivity index (χ1n) is 5.99. The van der Waals surface area contributed by atoms with Gasteiger partial charge in [0.25, 0.3) is 0 Å². The third kappa shape index (κ3) is 4.33. The highest BCUT2D eigenvalue weighted by Crippen LogP contribution is 2.21. The molecule has 0 saturated heterocycles. The van der Waals surface area contributed by atoms with E-state index in [0.717, 1.165) is 0 Å². The SMILES string of the molecule is CCNC(=O)CCOc1ccc(C(C)N)cc1F. The van der Waals surface area contributed by atoms with Gasteiger partial charge in [-0.05, 0) is 31.5 Å². The van der Waals surface area contributed by atoms with Gasteiger partial charge in [0.15, 0.2) is 11.6 Å². The van der Waals surface area contributed by atoms with Crippen molar-refractivity contribution in [1.29, 1.82) is 0 Å². The molecule has 4 nitrogen and oxygen atoms in total. The number of nitrogens with two attached hydrogens (primary N) is 1. The zero-order valence-corrected chi connectivity index (χ0v) is 10.7. The summed E-state index contributed by atoms with van der Waals surface area (Å²) in [7, 11) is 0. The summed E-state index contributed by atoms with van der Waals surface area (Å²) >= 11 is 0. The van der Waals surface area contributed by atoms with Crippen LogP contribution in [0, 0.1) is 5.82 Å². The number of rotatable bonds is 6. The number of nitrogens with one attached hydrogen (secondary N) is 1. The molecule has 1 aromatic carbocycles. The summed E-state index contributed by atoms with van der Waals surface area (Å²) in [4.78, 5) is 11.2. The average molecular weight is 254 g/mol. The van der Waals surface area contributed by atoms with Crippen LogP contribution in [0.4, 0.5) is 4.39 Å². The minimum atomic E-state index is -0.458. The maximum absolute atomic E-state index is 13.6. The Bertz CT molecular complexity index is 408. The van der Waals surface area contributed by atoms with Gasteiger partial charge in [0.2, 0.25) is 5.91 Å². The molecule has 0 aliphatic carbocycles. The molecule has 0 fully saturated rings. The highest BCUT2D eigenvalue weighted by Gasteiger charge is 2.08. The highest BCUT2D eigenvalue weighted by atomic mass is 19.1. The molecule has 1 rings (SSSR count). The first-order chi connectivity index (χ1) is 8.54. The van der Waals surface area contributed by atoms with Crippen molar-refractivity contribution < 1.29 is 13.9 Å². The zero-order valence-electron chi connectivity index (χ0n) is 10.7. The van der Waals surface area contributed by atoms with E-state index in [0.29, 0.717) is 12.1 Å².